The molecule has 0 bridgehead atoms. The van der Waals surface area contributed by atoms with Crippen LogP contribution in [0, 0.1) is 17.0 Å². The zero-order valence-corrected chi connectivity index (χ0v) is 13.6. The average molecular weight is 330 g/mol. The molecule has 1 aliphatic rings. The van der Waals surface area contributed by atoms with Gasteiger partial charge in [0.25, 0.3) is 5.91 Å². The number of amides is 1. The zero-order valence-electron chi connectivity index (χ0n) is 13.6. The second-order valence-corrected chi connectivity index (χ2v) is 5.73. The quantitative estimate of drug-likeness (QED) is 0.635. The van der Waals surface area contributed by atoms with Gasteiger partial charge in [0.15, 0.2) is 5.69 Å². The lowest BCUT2D eigenvalue weighted by molar-refractivity contribution is -0.385. The molecule has 0 radical (unpaired) electrons. The fourth-order valence-corrected chi connectivity index (χ4v) is 2.83. The first-order valence-electron chi connectivity index (χ1n) is 7.73. The zero-order chi connectivity index (χ0) is 17.3. The smallest absolute Gasteiger partial charge is 0.311 e. The Kier molecular flexibility index (Phi) is 4.20. The van der Waals surface area contributed by atoms with Crippen LogP contribution in [0.2, 0.25) is 0 Å². The van der Waals surface area contributed by atoms with Crippen molar-refractivity contribution in [2.75, 3.05) is 13.1 Å². The van der Waals surface area contributed by atoms with E-state index < -0.39 is 4.92 Å². The number of carbonyl (C=O) groups excluding carboxylic acids is 1. The van der Waals surface area contributed by atoms with E-state index in [1.54, 1.807) is 31.0 Å². The number of nitro benzene ring substituents is 1. The maximum Gasteiger partial charge on any atom is 0.311 e. The summed E-state index contributed by atoms with van der Waals surface area (Å²) in [5.41, 5.74) is 0.769. The van der Waals surface area contributed by atoms with Crippen molar-refractivity contribution in [1.29, 1.82) is 0 Å². The van der Waals surface area contributed by atoms with Crippen LogP contribution in [0.4, 0.5) is 5.69 Å². The van der Waals surface area contributed by atoms with Gasteiger partial charge in [-0.1, -0.05) is 12.1 Å². The van der Waals surface area contributed by atoms with Crippen molar-refractivity contribution in [2.24, 2.45) is 7.05 Å². The number of hydrogen-bond acceptors (Lipinski definition) is 5. The lowest BCUT2D eigenvalue weighted by Crippen LogP contribution is -2.28. The normalized spacial score (nSPS) is 14.0. The molecule has 1 amide bonds. The fraction of sp³-hybridized carbons (Fsp3) is 0.375. The van der Waals surface area contributed by atoms with Gasteiger partial charge < -0.3 is 9.64 Å². The third kappa shape index (κ3) is 2.82. The molecule has 8 nitrogen and oxygen atoms in total. The maximum atomic E-state index is 12.5. The number of aryl methyl sites for hydroxylation is 1. The van der Waals surface area contributed by atoms with Crippen molar-refractivity contribution in [3.05, 3.63) is 45.6 Å². The molecule has 1 aromatic heterocycles. The van der Waals surface area contributed by atoms with E-state index in [0.717, 1.165) is 25.9 Å². The second-order valence-electron chi connectivity index (χ2n) is 5.73. The molecule has 0 unspecified atom stereocenters. The lowest BCUT2D eigenvalue weighted by Gasteiger charge is -2.13. The minimum Gasteiger partial charge on any atom is -0.432 e. The Balaban J connectivity index is 1.93. The SMILES string of the molecule is Cc1c(C(=O)N2CCCC2)nn(C)c1Oc1ccccc1[N+](=O)[O-]. The van der Waals surface area contributed by atoms with Gasteiger partial charge >= 0.3 is 5.69 Å². The Morgan fingerprint density at radius 2 is 1.96 bits per heavy atom. The van der Waals surface area contributed by atoms with Crippen molar-refractivity contribution < 1.29 is 14.5 Å². The minimum absolute atomic E-state index is 0.119. The van der Waals surface area contributed by atoms with Crippen LogP contribution in [-0.4, -0.2) is 38.6 Å². The van der Waals surface area contributed by atoms with Gasteiger partial charge in [0.1, 0.15) is 0 Å². The van der Waals surface area contributed by atoms with Crippen LogP contribution >= 0.6 is 0 Å². The molecule has 1 saturated heterocycles. The molecule has 0 spiro atoms. The van der Waals surface area contributed by atoms with Gasteiger partial charge in [-0.2, -0.15) is 5.10 Å². The van der Waals surface area contributed by atoms with Crippen LogP contribution < -0.4 is 4.74 Å². The Morgan fingerprint density at radius 3 is 2.62 bits per heavy atom. The molecule has 0 atom stereocenters. The van der Waals surface area contributed by atoms with Crippen LogP contribution in [0.3, 0.4) is 0 Å². The summed E-state index contributed by atoms with van der Waals surface area (Å²) in [4.78, 5) is 24.9. The molecular formula is C16H18N4O4. The standard InChI is InChI=1S/C16H18N4O4/c1-11-14(15(21)19-9-5-6-10-19)17-18(2)16(11)24-13-8-4-3-7-12(13)20(22)23/h3-4,7-8H,5-6,9-10H2,1-2H3. The first-order chi connectivity index (χ1) is 11.5. The van der Waals surface area contributed by atoms with Gasteiger partial charge in [-0.3, -0.25) is 14.9 Å². The molecule has 3 rings (SSSR count). The molecule has 1 aromatic carbocycles. The van der Waals surface area contributed by atoms with Crippen molar-refractivity contribution >= 4 is 11.6 Å². The van der Waals surface area contributed by atoms with E-state index in [9.17, 15) is 14.9 Å². The summed E-state index contributed by atoms with van der Waals surface area (Å²) < 4.78 is 7.15. The van der Waals surface area contributed by atoms with E-state index in [0.29, 0.717) is 17.1 Å². The van der Waals surface area contributed by atoms with Gasteiger partial charge in [0, 0.05) is 31.8 Å². The highest BCUT2D eigenvalue weighted by Crippen LogP contribution is 2.33. The topological polar surface area (TPSA) is 90.5 Å². The monoisotopic (exact) mass is 330 g/mol. The molecule has 1 aliphatic heterocycles. The maximum absolute atomic E-state index is 12.5. The number of carbonyl (C=O) groups is 1. The Bertz CT molecular complexity index is 793. The summed E-state index contributed by atoms with van der Waals surface area (Å²) in [6.07, 6.45) is 1.99. The molecular weight excluding hydrogens is 312 g/mol. The van der Waals surface area contributed by atoms with Crippen molar-refractivity contribution in [1.82, 2.24) is 14.7 Å². The fourth-order valence-electron chi connectivity index (χ4n) is 2.83. The summed E-state index contributed by atoms with van der Waals surface area (Å²) in [5.74, 6) is 0.318. The molecule has 8 heteroatoms. The molecule has 24 heavy (non-hydrogen) atoms. The summed E-state index contributed by atoms with van der Waals surface area (Å²) in [6, 6.07) is 6.12. The second kappa shape index (κ2) is 6.31. The average Bonchev–Trinajstić information content (AvgIpc) is 3.18. The Morgan fingerprint density at radius 1 is 1.29 bits per heavy atom. The molecule has 2 aromatic rings. The highest BCUT2D eigenvalue weighted by molar-refractivity contribution is 5.94. The molecule has 2 heterocycles. The highest BCUT2D eigenvalue weighted by atomic mass is 16.6. The number of rotatable bonds is 4. The summed E-state index contributed by atoms with van der Waals surface area (Å²) in [5, 5.41) is 15.4. The molecule has 0 aliphatic carbocycles. The predicted octanol–water partition coefficient (Wildman–Crippen LogP) is 2.67. The van der Waals surface area contributed by atoms with E-state index in [1.165, 1.54) is 16.8 Å². The lowest BCUT2D eigenvalue weighted by atomic mass is 10.2. The van der Waals surface area contributed by atoms with Crippen molar-refractivity contribution in [3.8, 4) is 11.6 Å². The first kappa shape index (κ1) is 16.0. The Hall–Kier alpha value is -2.90. The number of ether oxygens (including phenoxy) is 1. The van der Waals surface area contributed by atoms with Gasteiger partial charge in [0.2, 0.25) is 11.6 Å². The molecule has 0 N–H and O–H groups in total. The largest absolute Gasteiger partial charge is 0.432 e. The highest BCUT2D eigenvalue weighted by Gasteiger charge is 2.27. The van der Waals surface area contributed by atoms with Gasteiger partial charge in [-0.05, 0) is 25.8 Å². The molecule has 126 valence electrons. The van der Waals surface area contributed by atoms with E-state index in [2.05, 4.69) is 5.10 Å². The summed E-state index contributed by atoms with van der Waals surface area (Å²) in [7, 11) is 1.65. The minimum atomic E-state index is -0.503. The van der Waals surface area contributed by atoms with Gasteiger partial charge in [-0.25, -0.2) is 4.68 Å². The first-order valence-corrected chi connectivity index (χ1v) is 7.73. The van der Waals surface area contributed by atoms with Crippen LogP contribution in [0.1, 0.15) is 28.9 Å². The number of nitro groups is 1. The number of hydrogen-bond donors (Lipinski definition) is 0. The number of para-hydroxylation sites is 2. The van der Waals surface area contributed by atoms with Gasteiger partial charge in [-0.15, -0.1) is 0 Å². The van der Waals surface area contributed by atoms with Crippen LogP contribution in [0.15, 0.2) is 24.3 Å². The van der Waals surface area contributed by atoms with Crippen LogP contribution in [0.25, 0.3) is 0 Å². The number of likely N-dealkylation sites (tertiary alicyclic amines) is 1. The number of benzene rings is 1. The van der Waals surface area contributed by atoms with E-state index in [-0.39, 0.29) is 17.3 Å². The van der Waals surface area contributed by atoms with Crippen molar-refractivity contribution in [2.45, 2.75) is 19.8 Å². The van der Waals surface area contributed by atoms with Crippen molar-refractivity contribution in [3.63, 3.8) is 0 Å². The third-order valence-corrected chi connectivity index (χ3v) is 4.08. The Labute approximate surface area is 138 Å². The molecule has 1 fully saturated rings. The summed E-state index contributed by atoms with van der Waals surface area (Å²) in [6.45, 7) is 3.20. The van der Waals surface area contributed by atoms with E-state index in [4.69, 9.17) is 4.74 Å². The number of aromatic nitrogens is 2. The van der Waals surface area contributed by atoms with Crippen LogP contribution in [-0.2, 0) is 7.05 Å². The molecule has 0 saturated carbocycles. The van der Waals surface area contributed by atoms with Gasteiger partial charge in [0.05, 0.1) is 4.92 Å². The number of nitrogens with zero attached hydrogens (tertiary/aromatic N) is 4. The van der Waals surface area contributed by atoms with Crippen LogP contribution in [0.5, 0.6) is 11.6 Å². The third-order valence-electron chi connectivity index (χ3n) is 4.08. The van der Waals surface area contributed by atoms with E-state index in [1.807, 2.05) is 0 Å². The summed E-state index contributed by atoms with van der Waals surface area (Å²) >= 11 is 0. The predicted molar refractivity (Wildman–Crippen MR) is 86.3 cm³/mol. The van der Waals surface area contributed by atoms with E-state index >= 15 is 0 Å².